The van der Waals surface area contributed by atoms with Gasteiger partial charge in [0.25, 0.3) is 0 Å². The molecule has 3 heteroatoms. The lowest BCUT2D eigenvalue weighted by molar-refractivity contribution is -0.121. The fourth-order valence-electron chi connectivity index (χ4n) is 8.68. The maximum Gasteiger partial charge on any atom is 0.220 e. The molecule has 0 saturated heterocycles. The summed E-state index contributed by atoms with van der Waals surface area (Å²) in [7, 11) is 0. The average molecular weight is 402 g/mol. The summed E-state index contributed by atoms with van der Waals surface area (Å²) in [4.78, 5) is 12.0. The Kier molecular flexibility index (Phi) is 6.06. The monoisotopic (exact) mass is 401 g/mol. The van der Waals surface area contributed by atoms with Gasteiger partial charge in [0.2, 0.25) is 5.91 Å². The summed E-state index contributed by atoms with van der Waals surface area (Å²) in [5.41, 5.74) is 1.14. The van der Waals surface area contributed by atoms with E-state index in [9.17, 15) is 4.79 Å². The third-order valence-corrected chi connectivity index (χ3v) is 10.2. The van der Waals surface area contributed by atoms with Crippen LogP contribution in [0.3, 0.4) is 0 Å². The Morgan fingerprint density at radius 2 is 1.79 bits per heavy atom. The third kappa shape index (κ3) is 3.88. The first-order valence-corrected chi connectivity index (χ1v) is 12.5. The molecule has 0 aliphatic heterocycles. The molecular formula is C26H43NO2. The molecule has 4 aliphatic rings. The summed E-state index contributed by atoms with van der Waals surface area (Å²) in [5, 5.41) is 11.9. The van der Waals surface area contributed by atoms with Crippen LogP contribution in [0, 0.1) is 40.4 Å². The van der Waals surface area contributed by atoms with Crippen LogP contribution in [0.25, 0.3) is 0 Å². The summed E-state index contributed by atoms with van der Waals surface area (Å²) in [5.74, 6) is 4.76. The van der Waals surface area contributed by atoms with Gasteiger partial charge in [-0.2, -0.15) is 0 Å². The standard InChI is InChI=1S/C26H43NO2/c1-18(28)17-27-24(29)9-6-8-20-11-13-22-21-12-10-19-7-4-5-15-25(19,2)23(21)14-16-26(20,22)3/h19-23,28H,1,4-17H2,2-3H3,(H,27,29). The molecular weight excluding hydrogens is 358 g/mol. The van der Waals surface area contributed by atoms with E-state index in [4.69, 9.17) is 5.11 Å². The van der Waals surface area contributed by atoms with E-state index >= 15 is 0 Å². The minimum absolute atomic E-state index is 0.0302. The lowest BCUT2D eigenvalue weighted by Gasteiger charge is -2.60. The van der Waals surface area contributed by atoms with E-state index in [0.29, 0.717) is 17.3 Å². The maximum atomic E-state index is 12.0. The molecule has 4 rings (SSSR count). The second-order valence-electron chi connectivity index (χ2n) is 11.5. The molecule has 29 heavy (non-hydrogen) atoms. The number of carbonyl (C=O) groups excluding carboxylic acids is 1. The molecule has 0 aromatic carbocycles. The summed E-state index contributed by atoms with van der Waals surface area (Å²) >= 11 is 0. The highest BCUT2D eigenvalue weighted by atomic mass is 16.3. The Balaban J connectivity index is 1.35. The van der Waals surface area contributed by atoms with E-state index in [1.807, 2.05) is 0 Å². The van der Waals surface area contributed by atoms with Gasteiger partial charge in [0.05, 0.1) is 6.54 Å². The molecule has 4 fully saturated rings. The van der Waals surface area contributed by atoms with Gasteiger partial charge in [0.1, 0.15) is 5.76 Å². The van der Waals surface area contributed by atoms with Crippen LogP contribution in [0.5, 0.6) is 0 Å². The van der Waals surface area contributed by atoms with Gasteiger partial charge in [-0.05, 0) is 105 Å². The number of aliphatic hydroxyl groups is 1. The Morgan fingerprint density at radius 1 is 1.00 bits per heavy atom. The molecule has 4 saturated carbocycles. The molecule has 0 radical (unpaired) electrons. The van der Waals surface area contributed by atoms with Crippen molar-refractivity contribution in [1.29, 1.82) is 0 Å². The van der Waals surface area contributed by atoms with Gasteiger partial charge < -0.3 is 10.4 Å². The highest BCUT2D eigenvalue weighted by Crippen LogP contribution is 2.67. The van der Waals surface area contributed by atoms with Crippen molar-refractivity contribution >= 4 is 5.91 Å². The molecule has 7 atom stereocenters. The fourth-order valence-corrected chi connectivity index (χ4v) is 8.68. The summed E-state index contributed by atoms with van der Waals surface area (Å²) in [6.45, 7) is 8.89. The topological polar surface area (TPSA) is 49.3 Å². The van der Waals surface area contributed by atoms with Crippen molar-refractivity contribution in [2.45, 2.75) is 97.3 Å². The molecule has 1 amide bonds. The van der Waals surface area contributed by atoms with Crippen LogP contribution < -0.4 is 5.32 Å². The number of rotatable bonds is 6. The molecule has 3 nitrogen and oxygen atoms in total. The van der Waals surface area contributed by atoms with Crippen molar-refractivity contribution in [3.63, 3.8) is 0 Å². The number of fused-ring (bicyclic) bond motifs is 5. The van der Waals surface area contributed by atoms with Crippen LogP contribution in [0.15, 0.2) is 12.3 Å². The summed E-state index contributed by atoms with van der Waals surface area (Å²) in [6.07, 6.45) is 17.3. The molecule has 2 N–H and O–H groups in total. The summed E-state index contributed by atoms with van der Waals surface area (Å²) < 4.78 is 0. The maximum absolute atomic E-state index is 12.0. The van der Waals surface area contributed by atoms with E-state index in [0.717, 1.165) is 36.0 Å². The number of carbonyl (C=O) groups is 1. The van der Waals surface area contributed by atoms with Crippen molar-refractivity contribution in [2.24, 2.45) is 40.4 Å². The largest absolute Gasteiger partial charge is 0.511 e. The van der Waals surface area contributed by atoms with Crippen molar-refractivity contribution in [3.8, 4) is 0 Å². The molecule has 0 heterocycles. The van der Waals surface area contributed by atoms with E-state index in [1.54, 1.807) is 0 Å². The zero-order chi connectivity index (χ0) is 20.6. The van der Waals surface area contributed by atoms with Crippen LogP contribution in [-0.2, 0) is 4.79 Å². The van der Waals surface area contributed by atoms with Crippen LogP contribution in [0.2, 0.25) is 0 Å². The first-order valence-electron chi connectivity index (χ1n) is 12.5. The van der Waals surface area contributed by atoms with Gasteiger partial charge in [0, 0.05) is 6.42 Å². The number of aliphatic hydroxyl groups excluding tert-OH is 1. The predicted octanol–water partition coefficient (Wildman–Crippen LogP) is 6.39. The second-order valence-corrected chi connectivity index (χ2v) is 11.5. The lowest BCUT2D eigenvalue weighted by atomic mass is 9.45. The minimum atomic E-state index is 0.0302. The average Bonchev–Trinajstić information content (AvgIpc) is 3.02. The van der Waals surface area contributed by atoms with Gasteiger partial charge in [0.15, 0.2) is 0 Å². The Labute approximate surface area is 178 Å². The molecule has 7 unspecified atom stereocenters. The smallest absolute Gasteiger partial charge is 0.220 e. The van der Waals surface area contributed by atoms with E-state index < -0.39 is 0 Å². The number of amides is 1. The molecule has 0 aromatic rings. The normalized spacial score (nSPS) is 43.7. The zero-order valence-corrected chi connectivity index (χ0v) is 18.8. The Bertz CT molecular complexity index is 630. The van der Waals surface area contributed by atoms with Gasteiger partial charge >= 0.3 is 0 Å². The third-order valence-electron chi connectivity index (χ3n) is 10.2. The van der Waals surface area contributed by atoms with Gasteiger partial charge in [-0.3, -0.25) is 4.79 Å². The van der Waals surface area contributed by atoms with Crippen LogP contribution in [-0.4, -0.2) is 17.6 Å². The van der Waals surface area contributed by atoms with Gasteiger partial charge in [-0.25, -0.2) is 0 Å². The van der Waals surface area contributed by atoms with Crippen molar-refractivity contribution in [3.05, 3.63) is 12.3 Å². The highest BCUT2D eigenvalue weighted by molar-refractivity contribution is 5.75. The van der Waals surface area contributed by atoms with E-state index in [1.165, 1.54) is 70.6 Å². The minimum Gasteiger partial charge on any atom is -0.511 e. The first-order chi connectivity index (χ1) is 13.8. The fraction of sp³-hybridized carbons (Fsp3) is 0.885. The SMILES string of the molecule is C=C(O)CNC(=O)CCCC1CCC2C3CCC4CCCCC4(C)C3CCC12C. The molecule has 164 valence electrons. The van der Waals surface area contributed by atoms with Crippen LogP contribution >= 0.6 is 0 Å². The van der Waals surface area contributed by atoms with Crippen molar-refractivity contribution in [2.75, 3.05) is 6.54 Å². The number of hydrogen-bond donors (Lipinski definition) is 2. The quantitative estimate of drug-likeness (QED) is 0.506. The zero-order valence-electron chi connectivity index (χ0n) is 18.8. The molecule has 0 spiro atoms. The van der Waals surface area contributed by atoms with Crippen molar-refractivity contribution in [1.82, 2.24) is 5.32 Å². The Hall–Kier alpha value is -0.990. The number of nitrogens with one attached hydrogen (secondary N) is 1. The highest BCUT2D eigenvalue weighted by Gasteiger charge is 2.59. The second kappa shape index (κ2) is 8.27. The number of hydrogen-bond acceptors (Lipinski definition) is 2. The molecule has 4 aliphatic carbocycles. The first kappa shape index (κ1) is 21.2. The van der Waals surface area contributed by atoms with Gasteiger partial charge in [-0.15, -0.1) is 0 Å². The molecule has 0 bridgehead atoms. The van der Waals surface area contributed by atoms with Crippen LogP contribution in [0.1, 0.15) is 97.3 Å². The van der Waals surface area contributed by atoms with Crippen LogP contribution in [0.4, 0.5) is 0 Å². The van der Waals surface area contributed by atoms with Crippen molar-refractivity contribution < 1.29 is 9.90 Å². The Morgan fingerprint density at radius 3 is 2.59 bits per heavy atom. The predicted molar refractivity (Wildman–Crippen MR) is 118 cm³/mol. The van der Waals surface area contributed by atoms with E-state index in [2.05, 4.69) is 25.7 Å². The molecule has 0 aromatic heterocycles. The summed E-state index contributed by atoms with van der Waals surface area (Å²) in [6, 6.07) is 0. The van der Waals surface area contributed by atoms with Gasteiger partial charge in [-0.1, -0.05) is 33.3 Å². The van der Waals surface area contributed by atoms with E-state index in [-0.39, 0.29) is 18.2 Å². The lowest BCUT2D eigenvalue weighted by Crippen LogP contribution is -2.52.